The van der Waals surface area contributed by atoms with E-state index in [4.69, 9.17) is 17.5 Å². The van der Waals surface area contributed by atoms with Crippen LogP contribution in [0.3, 0.4) is 0 Å². The molecule has 1 aromatic carbocycles. The molecule has 0 aliphatic carbocycles. The van der Waals surface area contributed by atoms with Gasteiger partial charge in [-0.15, -0.1) is 0 Å². The average Bonchev–Trinajstić information content (AvgIpc) is 2.86. The number of nitriles is 1. The summed E-state index contributed by atoms with van der Waals surface area (Å²) in [4.78, 5) is 1.27. The fourth-order valence-electron chi connectivity index (χ4n) is 2.37. The number of nitrogens with zero attached hydrogens (tertiary/aromatic N) is 4. The van der Waals surface area contributed by atoms with Crippen LogP contribution in [0.15, 0.2) is 36.7 Å². The summed E-state index contributed by atoms with van der Waals surface area (Å²) >= 11 is 5.26. The van der Waals surface area contributed by atoms with E-state index in [9.17, 15) is 13.2 Å². The first-order valence-corrected chi connectivity index (χ1v) is 7.77. The molecule has 0 saturated carbocycles. The third kappa shape index (κ3) is 4.94. The smallest absolute Gasteiger partial charge is 0.324 e. The Balaban J connectivity index is 2.19. The van der Waals surface area contributed by atoms with Crippen molar-refractivity contribution in [3.63, 3.8) is 0 Å². The minimum atomic E-state index is -4.30. The highest BCUT2D eigenvalue weighted by molar-refractivity contribution is 7.71. The third-order valence-corrected chi connectivity index (χ3v) is 3.97. The highest BCUT2D eigenvalue weighted by Crippen LogP contribution is 2.19. The van der Waals surface area contributed by atoms with E-state index in [0.717, 1.165) is 0 Å². The van der Waals surface area contributed by atoms with Gasteiger partial charge in [0.1, 0.15) is 0 Å². The number of hydrogen-bond acceptors (Lipinski definition) is 3. The molecule has 0 atom stereocenters. The Kier molecular flexibility index (Phi) is 5.80. The second kappa shape index (κ2) is 7.64. The normalized spacial score (nSPS) is 11.7. The lowest BCUT2D eigenvalue weighted by molar-refractivity contribution is -0.150. The average molecular weight is 354 g/mol. The van der Waals surface area contributed by atoms with Crippen LogP contribution < -0.4 is 0 Å². The maximum absolute atomic E-state index is 12.9. The molecule has 0 unspecified atom stereocenters. The molecule has 0 saturated heterocycles. The highest BCUT2D eigenvalue weighted by atomic mass is 32.1. The molecule has 1 heterocycles. The molecule has 8 heteroatoms. The van der Waals surface area contributed by atoms with Gasteiger partial charge in [0.2, 0.25) is 0 Å². The van der Waals surface area contributed by atoms with Gasteiger partial charge in [0, 0.05) is 25.5 Å². The van der Waals surface area contributed by atoms with Gasteiger partial charge in [0.15, 0.2) is 4.77 Å². The first-order chi connectivity index (χ1) is 11.3. The van der Waals surface area contributed by atoms with Crippen molar-refractivity contribution in [2.24, 2.45) is 0 Å². The first-order valence-electron chi connectivity index (χ1n) is 7.36. The maximum atomic E-state index is 12.9. The van der Waals surface area contributed by atoms with E-state index in [1.165, 1.54) is 4.90 Å². The van der Waals surface area contributed by atoms with Crippen LogP contribution in [0.5, 0.6) is 0 Å². The van der Waals surface area contributed by atoms with Crippen molar-refractivity contribution < 1.29 is 13.2 Å². The predicted octanol–water partition coefficient (Wildman–Crippen LogP) is 3.93. The lowest BCUT2D eigenvalue weighted by Crippen LogP contribution is -2.35. The molecule has 1 aromatic heterocycles. The van der Waals surface area contributed by atoms with E-state index in [0.29, 0.717) is 22.4 Å². The third-order valence-electron chi connectivity index (χ3n) is 3.50. The van der Waals surface area contributed by atoms with Gasteiger partial charge in [-0.3, -0.25) is 4.90 Å². The van der Waals surface area contributed by atoms with Crippen molar-refractivity contribution in [2.75, 3.05) is 6.54 Å². The number of rotatable bonds is 6. The topological polar surface area (TPSA) is 36.9 Å². The Labute approximate surface area is 143 Å². The standard InChI is InChI=1S/C16H17F3N4S/c1-2-22-7-8-23(15(22)24)12-21(11-16(17,18)19)10-14-5-3-13(9-20)4-6-14/h3-8H,2,10-12H2,1H3. The zero-order chi connectivity index (χ0) is 17.7. The minimum Gasteiger partial charge on any atom is -0.324 e. The summed E-state index contributed by atoms with van der Waals surface area (Å²) in [5.41, 5.74) is 1.18. The van der Waals surface area contributed by atoms with Crippen molar-refractivity contribution in [1.29, 1.82) is 5.26 Å². The SMILES string of the molecule is CCn1ccn(CN(Cc2ccc(C#N)cc2)CC(F)(F)F)c1=S. The molecule has 4 nitrogen and oxygen atoms in total. The Morgan fingerprint density at radius 2 is 1.79 bits per heavy atom. The van der Waals surface area contributed by atoms with Crippen molar-refractivity contribution >= 4 is 12.2 Å². The summed E-state index contributed by atoms with van der Waals surface area (Å²) in [6.45, 7) is 1.72. The highest BCUT2D eigenvalue weighted by Gasteiger charge is 2.31. The number of alkyl halides is 3. The number of aromatic nitrogens is 2. The first kappa shape index (κ1) is 18.2. The molecule has 2 rings (SSSR count). The predicted molar refractivity (Wildman–Crippen MR) is 86.6 cm³/mol. The molecule has 0 aliphatic heterocycles. The van der Waals surface area contributed by atoms with Gasteiger partial charge < -0.3 is 9.13 Å². The van der Waals surface area contributed by atoms with Gasteiger partial charge in [-0.2, -0.15) is 18.4 Å². The van der Waals surface area contributed by atoms with E-state index in [2.05, 4.69) is 0 Å². The van der Waals surface area contributed by atoms with E-state index >= 15 is 0 Å². The van der Waals surface area contributed by atoms with Crippen LogP contribution in [-0.2, 0) is 19.8 Å². The van der Waals surface area contributed by atoms with Gasteiger partial charge in [0.05, 0.1) is 24.8 Å². The van der Waals surface area contributed by atoms with Crippen LogP contribution in [0.25, 0.3) is 0 Å². The molecule has 0 aliphatic rings. The van der Waals surface area contributed by atoms with Crippen LogP contribution in [0, 0.1) is 16.1 Å². The second-order valence-corrected chi connectivity index (χ2v) is 5.75. The Morgan fingerprint density at radius 1 is 1.17 bits per heavy atom. The van der Waals surface area contributed by atoms with E-state index < -0.39 is 12.7 Å². The second-order valence-electron chi connectivity index (χ2n) is 5.39. The number of halogens is 3. The molecule has 0 bridgehead atoms. The minimum absolute atomic E-state index is 0.0470. The molecule has 2 aromatic rings. The molecular weight excluding hydrogens is 337 g/mol. The van der Waals surface area contributed by atoms with E-state index in [1.807, 2.05) is 13.0 Å². The van der Waals surface area contributed by atoms with Crippen molar-refractivity contribution in [1.82, 2.24) is 14.0 Å². The van der Waals surface area contributed by atoms with Crippen molar-refractivity contribution in [2.45, 2.75) is 32.9 Å². The van der Waals surface area contributed by atoms with E-state index in [1.54, 1.807) is 45.8 Å². The molecule has 128 valence electrons. The molecular formula is C16H17F3N4S. The summed E-state index contributed by atoms with van der Waals surface area (Å²) < 4.78 is 42.5. The fraction of sp³-hybridized carbons (Fsp3) is 0.375. The number of aryl methyl sites for hydroxylation is 1. The number of benzene rings is 1. The van der Waals surface area contributed by atoms with Crippen LogP contribution in [0.1, 0.15) is 18.1 Å². The number of hydrogen-bond donors (Lipinski definition) is 0. The van der Waals surface area contributed by atoms with E-state index in [-0.39, 0.29) is 13.2 Å². The van der Waals surface area contributed by atoms with Crippen LogP contribution in [0.2, 0.25) is 0 Å². The molecule has 0 fully saturated rings. The lowest BCUT2D eigenvalue weighted by Gasteiger charge is -2.24. The van der Waals surface area contributed by atoms with Crippen LogP contribution >= 0.6 is 12.2 Å². The number of imidazole rings is 1. The zero-order valence-electron chi connectivity index (χ0n) is 13.1. The van der Waals surface area contributed by atoms with Crippen LogP contribution in [0.4, 0.5) is 13.2 Å². The Bertz CT molecular complexity index is 768. The monoisotopic (exact) mass is 354 g/mol. The molecule has 0 N–H and O–H groups in total. The zero-order valence-corrected chi connectivity index (χ0v) is 13.9. The maximum Gasteiger partial charge on any atom is 0.401 e. The Morgan fingerprint density at radius 3 is 2.29 bits per heavy atom. The van der Waals surface area contributed by atoms with Gasteiger partial charge in [-0.1, -0.05) is 12.1 Å². The molecule has 0 radical (unpaired) electrons. The summed E-state index contributed by atoms with van der Waals surface area (Å²) in [5, 5.41) is 8.79. The fourth-order valence-corrected chi connectivity index (χ4v) is 2.68. The van der Waals surface area contributed by atoms with Gasteiger partial charge >= 0.3 is 6.18 Å². The van der Waals surface area contributed by atoms with Gasteiger partial charge in [0.25, 0.3) is 0 Å². The largest absolute Gasteiger partial charge is 0.401 e. The summed E-state index contributed by atoms with van der Waals surface area (Å²) in [7, 11) is 0. The Hall–Kier alpha value is -2.11. The quantitative estimate of drug-likeness (QED) is 0.738. The summed E-state index contributed by atoms with van der Waals surface area (Å²) in [6, 6.07) is 8.51. The van der Waals surface area contributed by atoms with Gasteiger partial charge in [-0.25, -0.2) is 0 Å². The molecule has 24 heavy (non-hydrogen) atoms. The van der Waals surface area contributed by atoms with Crippen LogP contribution in [-0.4, -0.2) is 26.8 Å². The molecule has 0 amide bonds. The lowest BCUT2D eigenvalue weighted by atomic mass is 10.1. The van der Waals surface area contributed by atoms with Crippen molar-refractivity contribution in [3.05, 3.63) is 52.6 Å². The van der Waals surface area contributed by atoms with Gasteiger partial charge in [-0.05, 0) is 36.8 Å². The summed E-state index contributed by atoms with van der Waals surface area (Å²) in [5.74, 6) is 0. The summed E-state index contributed by atoms with van der Waals surface area (Å²) in [6.07, 6.45) is -0.855. The molecule has 0 spiro atoms. The van der Waals surface area contributed by atoms with Crippen molar-refractivity contribution in [3.8, 4) is 6.07 Å².